The Morgan fingerprint density at radius 2 is 0.652 bits per heavy atom. The van der Waals surface area contributed by atoms with Crippen LogP contribution in [0.2, 0.25) is 0 Å². The number of hydrogen-bond donors (Lipinski definition) is 0. The summed E-state index contributed by atoms with van der Waals surface area (Å²) in [4.78, 5) is 5.71. The first-order valence-electron chi connectivity index (χ1n) is 35.9. The Bertz CT molecular complexity index is 3180. The van der Waals surface area contributed by atoms with Crippen LogP contribution < -0.4 is 33.2 Å². The number of hydrogen-bond acceptors (Lipinski definition) is 9. The molecule has 0 heterocycles. The number of benzene rings is 6. The average Bonchev–Trinajstić information content (AvgIpc) is 0.932. The highest BCUT2D eigenvalue weighted by molar-refractivity contribution is 6.13. The van der Waals surface area contributed by atoms with Crippen LogP contribution in [0.4, 0.5) is 0 Å². The van der Waals surface area contributed by atoms with Gasteiger partial charge in [-0.15, -0.1) is 0 Å². The summed E-state index contributed by atoms with van der Waals surface area (Å²) >= 11 is 0. The SMILES string of the molecule is CCC(C)COCc1cc(-c2ccc(C(=NC3CCCCC3)c3ccc(-c4cc(OCC(C)CC)c(OCC(C)C)cc4-c4ccc(OCC(C)CC)c(OCC(C)CC)c4)cc3)cc2)c(-c2ccc(OCC(C)CC)c(OCC(C)CC)c2)cc1OCC(C)CC. The molecule has 0 amide bonds. The van der Waals surface area contributed by atoms with Crippen molar-refractivity contribution in [3.05, 3.63) is 126 Å². The molecule has 0 spiro atoms. The zero-order valence-corrected chi connectivity index (χ0v) is 59.7. The fourth-order valence-corrected chi connectivity index (χ4v) is 10.6. The molecule has 0 aromatic heterocycles. The lowest BCUT2D eigenvalue weighted by Crippen LogP contribution is -2.14. The minimum absolute atomic E-state index is 0.239. The van der Waals surface area contributed by atoms with E-state index in [0.29, 0.717) is 107 Å². The number of nitrogens with zero attached hydrogens (tertiary/aromatic N) is 1. The first-order chi connectivity index (χ1) is 44.5. The van der Waals surface area contributed by atoms with Crippen molar-refractivity contribution in [2.45, 2.75) is 200 Å². The number of aliphatic imine (C=N–C) groups is 1. The van der Waals surface area contributed by atoms with E-state index in [9.17, 15) is 0 Å². The van der Waals surface area contributed by atoms with E-state index in [0.717, 1.165) is 165 Å². The second kappa shape index (κ2) is 37.4. The van der Waals surface area contributed by atoms with Gasteiger partial charge in [0.25, 0.3) is 0 Å². The highest BCUT2D eigenvalue weighted by atomic mass is 16.5. The zero-order chi connectivity index (χ0) is 66.1. The van der Waals surface area contributed by atoms with Crippen molar-refractivity contribution in [2.75, 3.05) is 52.9 Å². The van der Waals surface area contributed by atoms with E-state index in [1.807, 2.05) is 0 Å². The molecule has 0 aliphatic heterocycles. The molecular weight excluding hydrogens is 1140 g/mol. The maximum atomic E-state index is 6.81. The topological polar surface area (TPSA) is 86.2 Å². The molecule has 1 aliphatic rings. The maximum Gasteiger partial charge on any atom is 0.161 e. The van der Waals surface area contributed by atoms with Gasteiger partial charge >= 0.3 is 0 Å². The molecule has 0 N–H and O–H groups in total. The smallest absolute Gasteiger partial charge is 0.161 e. The summed E-state index contributed by atoms with van der Waals surface area (Å²) in [6.07, 6.45) is 13.0. The van der Waals surface area contributed by atoms with Crippen LogP contribution in [0.5, 0.6) is 40.2 Å². The highest BCUT2D eigenvalue weighted by Gasteiger charge is 2.24. The lowest BCUT2D eigenvalue weighted by molar-refractivity contribution is 0.0887. The van der Waals surface area contributed by atoms with E-state index in [-0.39, 0.29) is 6.04 Å². The Morgan fingerprint density at radius 1 is 0.337 bits per heavy atom. The molecule has 7 unspecified atom stereocenters. The van der Waals surface area contributed by atoms with Gasteiger partial charge in [-0.3, -0.25) is 4.99 Å². The lowest BCUT2D eigenvalue weighted by Gasteiger charge is -2.22. The van der Waals surface area contributed by atoms with Crippen LogP contribution in [0.1, 0.15) is 205 Å². The van der Waals surface area contributed by atoms with Crippen molar-refractivity contribution in [3.63, 3.8) is 0 Å². The zero-order valence-electron chi connectivity index (χ0n) is 59.7. The summed E-state index contributed by atoms with van der Waals surface area (Å²) in [5, 5.41) is 0. The Kier molecular flexibility index (Phi) is 29.7. The predicted octanol–water partition coefficient (Wildman–Crippen LogP) is 22.7. The van der Waals surface area contributed by atoms with Gasteiger partial charge in [-0.1, -0.05) is 236 Å². The van der Waals surface area contributed by atoms with E-state index in [1.165, 1.54) is 19.3 Å². The van der Waals surface area contributed by atoms with Crippen LogP contribution >= 0.6 is 0 Å². The summed E-state index contributed by atoms with van der Waals surface area (Å²) in [7, 11) is 0. The number of ether oxygens (including phenoxy) is 8. The summed E-state index contributed by atoms with van der Waals surface area (Å²) in [6.45, 7) is 40.9. The summed E-state index contributed by atoms with van der Waals surface area (Å²) in [6, 6.07) is 40.2. The van der Waals surface area contributed by atoms with Crippen LogP contribution in [-0.4, -0.2) is 64.6 Å². The molecule has 9 nitrogen and oxygen atoms in total. The molecule has 1 aliphatic carbocycles. The lowest BCUT2D eigenvalue weighted by atomic mass is 9.90. The van der Waals surface area contributed by atoms with Gasteiger partial charge in [0.15, 0.2) is 34.5 Å². The summed E-state index contributed by atoms with van der Waals surface area (Å²) in [5.41, 5.74) is 12.6. The standard InChI is InChI=1S/C83H117NO8/c1-17-57(10)48-85-55-70-41-72(74(44-78(70)89-51-60(13)20-4)68-37-39-76(87-49-58(11)18-2)79(42-68)90-52-61(14)21-5)64-29-33-66(34-30-64)83(84-71-27-25-24-26-28-71)67-35-31-65(32-36-67)73-45-82(92-54-63(16)23-7)81(86-47-56(8)9)46-75(73)69-38-40-77(88-50-59(12)19-3)80(43-69)91-53-62(15)22-6/h29-46,56-63,71H,17-28,47-55H2,1-16H3. The van der Waals surface area contributed by atoms with Crippen molar-refractivity contribution in [1.29, 1.82) is 0 Å². The van der Waals surface area contributed by atoms with E-state index in [1.54, 1.807) is 0 Å². The monoisotopic (exact) mass is 1260 g/mol. The average molecular weight is 1260 g/mol. The molecule has 6 aromatic rings. The van der Waals surface area contributed by atoms with Crippen LogP contribution in [0.3, 0.4) is 0 Å². The van der Waals surface area contributed by atoms with Crippen LogP contribution in [-0.2, 0) is 11.3 Å². The maximum absolute atomic E-state index is 6.81. The summed E-state index contributed by atoms with van der Waals surface area (Å²) < 4.78 is 53.1. The fraction of sp³-hybridized carbons (Fsp3) is 0.554. The second-order valence-electron chi connectivity index (χ2n) is 27.8. The molecule has 1 saturated carbocycles. The molecule has 0 radical (unpaired) electrons. The van der Waals surface area contributed by atoms with E-state index >= 15 is 0 Å². The predicted molar refractivity (Wildman–Crippen MR) is 386 cm³/mol. The Balaban J connectivity index is 1.37. The van der Waals surface area contributed by atoms with Crippen molar-refractivity contribution in [3.8, 4) is 84.8 Å². The van der Waals surface area contributed by atoms with Gasteiger partial charge in [0.1, 0.15) is 5.75 Å². The van der Waals surface area contributed by atoms with Crippen molar-refractivity contribution in [2.24, 2.45) is 52.3 Å². The van der Waals surface area contributed by atoms with Crippen molar-refractivity contribution >= 4 is 5.71 Å². The van der Waals surface area contributed by atoms with Gasteiger partial charge in [-0.05, 0) is 153 Å². The van der Waals surface area contributed by atoms with Crippen LogP contribution in [0.25, 0.3) is 44.5 Å². The quantitative estimate of drug-likeness (QED) is 0.0353. The Labute approximate surface area is 557 Å². The largest absolute Gasteiger partial charge is 0.493 e. The van der Waals surface area contributed by atoms with Crippen molar-refractivity contribution in [1.82, 2.24) is 0 Å². The van der Waals surface area contributed by atoms with Crippen LogP contribution in [0.15, 0.2) is 114 Å². The molecular formula is C83H117NO8. The van der Waals surface area contributed by atoms with Gasteiger partial charge < -0.3 is 37.9 Å². The minimum atomic E-state index is 0.239. The van der Waals surface area contributed by atoms with E-state index < -0.39 is 0 Å². The Hall–Kier alpha value is -6.45. The molecule has 92 heavy (non-hydrogen) atoms. The molecule has 9 heteroatoms. The molecule has 7 atom stereocenters. The molecule has 1 fully saturated rings. The van der Waals surface area contributed by atoms with Gasteiger partial charge in [-0.25, -0.2) is 0 Å². The minimum Gasteiger partial charge on any atom is -0.493 e. The normalized spacial score (nSPS) is 15.3. The van der Waals surface area contributed by atoms with Gasteiger partial charge in [0.2, 0.25) is 0 Å². The number of rotatable bonds is 39. The van der Waals surface area contributed by atoms with Gasteiger partial charge in [0, 0.05) is 23.3 Å². The van der Waals surface area contributed by atoms with E-state index in [2.05, 4.69) is 220 Å². The third kappa shape index (κ3) is 21.5. The second-order valence-corrected chi connectivity index (χ2v) is 27.8. The highest BCUT2D eigenvalue weighted by Crippen LogP contribution is 2.46. The van der Waals surface area contributed by atoms with Crippen molar-refractivity contribution < 1.29 is 37.9 Å². The van der Waals surface area contributed by atoms with Crippen LogP contribution in [0, 0.1) is 47.3 Å². The van der Waals surface area contributed by atoms with Gasteiger partial charge in [0.05, 0.1) is 64.6 Å². The fourth-order valence-electron chi connectivity index (χ4n) is 10.6. The van der Waals surface area contributed by atoms with Gasteiger partial charge in [-0.2, -0.15) is 0 Å². The molecule has 0 bridgehead atoms. The molecule has 6 aromatic carbocycles. The summed E-state index contributed by atoms with van der Waals surface area (Å²) in [5.74, 6) is 8.55. The molecule has 0 saturated heterocycles. The first kappa shape index (κ1) is 73.0. The molecule has 7 rings (SSSR count). The Morgan fingerprint density at radius 3 is 1.04 bits per heavy atom. The first-order valence-corrected chi connectivity index (χ1v) is 35.9. The third-order valence-corrected chi connectivity index (χ3v) is 18.9. The van der Waals surface area contributed by atoms with E-state index in [4.69, 9.17) is 42.9 Å². The third-order valence-electron chi connectivity index (χ3n) is 18.9. The molecule has 502 valence electrons.